The molecule has 4 heteroatoms. The fraction of sp³-hybridized carbons (Fsp3) is 0.750. The first kappa shape index (κ1) is 3.42. The topological polar surface area (TPSA) is 75.3 Å². The predicted molar refractivity (Wildman–Crippen MR) is 29.5 cm³/mol. The van der Waals surface area contributed by atoms with Gasteiger partial charge in [0, 0.05) is 10.7 Å². The lowest BCUT2D eigenvalue weighted by atomic mass is 10.3. The first-order valence-corrected chi connectivity index (χ1v) is 2.06. The molecule has 0 aromatic heterocycles. The van der Waals surface area contributed by atoms with Crippen molar-refractivity contribution in [2.45, 2.75) is 6.04 Å². The van der Waals surface area contributed by atoms with Gasteiger partial charge in [0.1, 0.15) is 6.04 Å². The van der Waals surface area contributed by atoms with Crippen LogP contribution in [0.3, 0.4) is 0 Å². The number of nitrogens with two attached hydrogens (primary N) is 1. The Bertz CT molecular complexity index is 147. The summed E-state index contributed by atoms with van der Waals surface area (Å²) < 4.78 is 19.9. The van der Waals surface area contributed by atoms with Crippen molar-refractivity contribution >= 4 is 5.97 Å². The number of nitrogens with one attached hydrogen (secondary N) is 1. The van der Waals surface area contributed by atoms with E-state index in [9.17, 15) is 4.79 Å². The summed E-state index contributed by atoms with van der Waals surface area (Å²) in [5.41, 5.74) is 5.01. The summed E-state index contributed by atoms with van der Waals surface area (Å²) in [6.45, 7) is -2.58. The van der Waals surface area contributed by atoms with Crippen molar-refractivity contribution in [3.63, 3.8) is 0 Å². The van der Waals surface area contributed by atoms with Crippen molar-refractivity contribution in [3.05, 3.63) is 0 Å². The SMILES string of the molecule is [2H]C([2H])([2H])NCC(N)C(=O)O. The molecule has 4 N–H and O–H groups in total. The molecule has 0 fully saturated rings. The van der Waals surface area contributed by atoms with Crippen molar-refractivity contribution in [1.29, 1.82) is 0 Å². The minimum atomic E-state index is -2.33. The standard InChI is InChI=1S/C4H10N2O2/c1-6-2-3(5)4(7)8/h3,6H,2,5H2,1H3,(H,7,8)/i1D3. The lowest BCUT2D eigenvalue weighted by molar-refractivity contribution is -0.138. The van der Waals surface area contributed by atoms with Gasteiger partial charge in [-0.15, -0.1) is 0 Å². The zero-order valence-corrected chi connectivity index (χ0v) is 4.22. The lowest BCUT2D eigenvalue weighted by Gasteiger charge is -2.02. The Morgan fingerprint density at radius 1 is 2.25 bits per heavy atom. The molecule has 0 bridgehead atoms. The maximum Gasteiger partial charge on any atom is 0.321 e. The highest BCUT2D eigenvalue weighted by atomic mass is 16.4. The number of likely N-dealkylation sites (N-methyl/N-ethyl adjacent to an activating group) is 1. The average Bonchev–Trinajstić information content (AvgIpc) is 1.80. The normalized spacial score (nSPS) is 20.4. The molecule has 0 aliphatic rings. The van der Waals surface area contributed by atoms with E-state index in [1.54, 1.807) is 0 Å². The summed E-state index contributed by atoms with van der Waals surface area (Å²) in [5.74, 6) is -1.22. The van der Waals surface area contributed by atoms with Gasteiger partial charge < -0.3 is 16.2 Å². The second kappa shape index (κ2) is 3.40. The van der Waals surface area contributed by atoms with Crippen LogP contribution in [0.15, 0.2) is 0 Å². The second-order valence-corrected chi connectivity index (χ2v) is 1.33. The third-order valence-electron chi connectivity index (χ3n) is 0.639. The summed E-state index contributed by atoms with van der Waals surface area (Å²) in [4.78, 5) is 10.1. The summed E-state index contributed by atoms with van der Waals surface area (Å²) in [6.07, 6.45) is 0. The number of hydrogen-bond donors (Lipinski definition) is 3. The molecule has 0 aliphatic carbocycles. The molecule has 0 heterocycles. The molecule has 4 nitrogen and oxygen atoms in total. The van der Waals surface area contributed by atoms with Gasteiger partial charge in [-0.3, -0.25) is 4.79 Å². The van der Waals surface area contributed by atoms with Crippen LogP contribution in [0.2, 0.25) is 0 Å². The van der Waals surface area contributed by atoms with Crippen molar-refractivity contribution in [3.8, 4) is 0 Å². The highest BCUT2D eigenvalue weighted by molar-refractivity contribution is 5.73. The molecule has 0 saturated heterocycles. The number of carbonyl (C=O) groups is 1. The maximum absolute atomic E-state index is 10.1. The highest BCUT2D eigenvalue weighted by Crippen LogP contribution is 1.71. The number of carboxylic acids is 1. The zero-order chi connectivity index (χ0) is 9.07. The van der Waals surface area contributed by atoms with E-state index in [1.165, 1.54) is 0 Å². The third-order valence-corrected chi connectivity index (χ3v) is 0.639. The molecule has 0 spiro atoms. The summed E-state index contributed by atoms with van der Waals surface area (Å²) in [6, 6.07) is -1.17. The first-order chi connectivity index (χ1) is 4.83. The fourth-order valence-corrected chi connectivity index (χ4v) is 0.197. The van der Waals surface area contributed by atoms with Gasteiger partial charge in [-0.1, -0.05) is 0 Å². The Balaban J connectivity index is 3.63. The Kier molecular flexibility index (Phi) is 1.45. The number of carboxylic acid groups (broad SMARTS) is 1. The number of aliphatic carboxylic acids is 1. The summed E-state index contributed by atoms with van der Waals surface area (Å²) in [5, 5.41) is 10.2. The van der Waals surface area contributed by atoms with Gasteiger partial charge in [-0.2, -0.15) is 0 Å². The molecular formula is C4H10N2O2. The third kappa shape index (κ3) is 2.54. The fourth-order valence-electron chi connectivity index (χ4n) is 0.197. The quantitative estimate of drug-likeness (QED) is 0.430. The minimum absolute atomic E-state index is 0.258. The number of rotatable bonds is 3. The van der Waals surface area contributed by atoms with Gasteiger partial charge in [0.15, 0.2) is 0 Å². The molecule has 0 amide bonds. The van der Waals surface area contributed by atoms with Crippen LogP contribution in [0.5, 0.6) is 0 Å². The van der Waals surface area contributed by atoms with Crippen molar-refractivity contribution in [2.24, 2.45) is 5.73 Å². The first-order valence-electron chi connectivity index (χ1n) is 3.56. The van der Waals surface area contributed by atoms with Gasteiger partial charge >= 0.3 is 5.97 Å². The van der Waals surface area contributed by atoms with E-state index in [4.69, 9.17) is 15.0 Å². The van der Waals surface area contributed by atoms with Crippen LogP contribution in [0, 0.1) is 0 Å². The van der Waals surface area contributed by atoms with E-state index in [-0.39, 0.29) is 6.54 Å². The van der Waals surface area contributed by atoms with Gasteiger partial charge in [0.25, 0.3) is 0 Å². The molecule has 0 aliphatic heterocycles. The molecule has 1 atom stereocenters. The van der Waals surface area contributed by atoms with Crippen LogP contribution in [0.1, 0.15) is 4.11 Å². The molecule has 0 aromatic carbocycles. The second-order valence-electron chi connectivity index (χ2n) is 1.33. The maximum atomic E-state index is 10.1. The van der Waals surface area contributed by atoms with Gasteiger partial charge in [-0.25, -0.2) is 0 Å². The van der Waals surface area contributed by atoms with Crippen LogP contribution in [0.4, 0.5) is 0 Å². The summed E-state index contributed by atoms with van der Waals surface area (Å²) in [7, 11) is 0. The Labute approximate surface area is 51.9 Å². The van der Waals surface area contributed by atoms with E-state index >= 15 is 0 Å². The molecule has 1 unspecified atom stereocenters. The van der Waals surface area contributed by atoms with Crippen LogP contribution in [0.25, 0.3) is 0 Å². The van der Waals surface area contributed by atoms with Crippen LogP contribution < -0.4 is 11.1 Å². The number of hydrogen-bond acceptors (Lipinski definition) is 3. The Hall–Kier alpha value is -0.610. The average molecular weight is 121 g/mol. The Morgan fingerprint density at radius 3 is 3.25 bits per heavy atom. The van der Waals surface area contributed by atoms with Gasteiger partial charge in [0.2, 0.25) is 0 Å². The Morgan fingerprint density at radius 2 is 2.88 bits per heavy atom. The summed E-state index contributed by atoms with van der Waals surface area (Å²) >= 11 is 0. The molecular weight excluding hydrogens is 108 g/mol. The monoisotopic (exact) mass is 121 g/mol. The predicted octanol–water partition coefficient (Wildman–Crippen LogP) is -1.38. The van der Waals surface area contributed by atoms with E-state index in [0.29, 0.717) is 0 Å². The lowest BCUT2D eigenvalue weighted by Crippen LogP contribution is -2.38. The highest BCUT2D eigenvalue weighted by Gasteiger charge is 2.07. The smallest absolute Gasteiger partial charge is 0.321 e. The van der Waals surface area contributed by atoms with Gasteiger partial charge in [0.05, 0.1) is 0 Å². The minimum Gasteiger partial charge on any atom is -0.480 e. The molecule has 8 heavy (non-hydrogen) atoms. The van der Waals surface area contributed by atoms with Crippen LogP contribution in [-0.2, 0) is 4.79 Å². The van der Waals surface area contributed by atoms with Crippen molar-refractivity contribution in [2.75, 3.05) is 13.5 Å². The molecule has 0 rings (SSSR count). The van der Waals surface area contributed by atoms with Crippen LogP contribution >= 0.6 is 0 Å². The van der Waals surface area contributed by atoms with E-state index in [2.05, 4.69) is 0 Å². The van der Waals surface area contributed by atoms with Crippen molar-refractivity contribution < 1.29 is 14.0 Å². The molecule has 0 radical (unpaired) electrons. The largest absolute Gasteiger partial charge is 0.480 e. The van der Waals surface area contributed by atoms with Gasteiger partial charge in [-0.05, 0) is 6.98 Å². The molecule has 48 valence electrons. The van der Waals surface area contributed by atoms with E-state index in [0.717, 1.165) is 0 Å². The van der Waals surface area contributed by atoms with Crippen LogP contribution in [-0.4, -0.2) is 30.6 Å². The zero-order valence-electron chi connectivity index (χ0n) is 7.22. The molecule has 0 aromatic rings. The van der Waals surface area contributed by atoms with E-state index < -0.39 is 19.0 Å². The van der Waals surface area contributed by atoms with E-state index in [1.807, 2.05) is 5.32 Å². The van der Waals surface area contributed by atoms with Crippen molar-refractivity contribution in [1.82, 2.24) is 5.32 Å². The molecule has 0 saturated carbocycles.